The Balaban J connectivity index is 1.31. The number of aryl methyl sites for hydroxylation is 1. The van der Waals surface area contributed by atoms with Crippen molar-refractivity contribution in [3.05, 3.63) is 82.7 Å². The monoisotopic (exact) mass is 557 g/mol. The molecule has 6 rings (SSSR count). The normalized spacial score (nSPS) is 24.4. The molecule has 2 fully saturated rings. The number of hydrogen-bond donors (Lipinski definition) is 1. The van der Waals surface area contributed by atoms with Crippen LogP contribution in [-0.4, -0.2) is 13.1 Å². The topological polar surface area (TPSA) is 70.8 Å². The molecule has 0 amide bonds. The second kappa shape index (κ2) is 10.8. The van der Waals surface area contributed by atoms with Crippen molar-refractivity contribution in [2.45, 2.75) is 83.2 Å². The summed E-state index contributed by atoms with van der Waals surface area (Å²) in [7, 11) is 1.61. The molecule has 3 atom stereocenters. The number of rotatable bonds is 7. The quantitative estimate of drug-likeness (QED) is 0.301. The molecule has 2 N–H and O–H groups in total. The van der Waals surface area contributed by atoms with Crippen molar-refractivity contribution in [1.29, 1.82) is 0 Å². The highest BCUT2D eigenvalue weighted by atomic mass is 19.1. The molecule has 41 heavy (non-hydrogen) atoms. The minimum atomic E-state index is -0.314. The van der Waals surface area contributed by atoms with E-state index in [1.165, 1.54) is 22.8 Å². The Hall–Kier alpha value is -3.38. The molecule has 216 valence electrons. The van der Waals surface area contributed by atoms with E-state index in [2.05, 4.69) is 36.9 Å². The number of carbonyl (C=O) groups is 1. The molecule has 2 saturated carbocycles. The molecule has 0 aliphatic heterocycles. The third-order valence-electron chi connectivity index (χ3n) is 10.3. The average molecular weight is 558 g/mol. The van der Waals surface area contributed by atoms with Crippen LogP contribution in [0.2, 0.25) is 0 Å². The fourth-order valence-corrected chi connectivity index (χ4v) is 7.88. The Morgan fingerprint density at radius 1 is 0.951 bits per heavy atom. The molecule has 0 radical (unpaired) electrons. The van der Waals surface area contributed by atoms with E-state index < -0.39 is 0 Å². The summed E-state index contributed by atoms with van der Waals surface area (Å²) in [5.74, 6) is 6.28. The summed E-state index contributed by atoms with van der Waals surface area (Å²) in [6.07, 6.45) is 8.18. The number of methoxy groups -OCH3 is 1. The number of hydrogen-bond acceptors (Lipinski definition) is 5. The lowest BCUT2D eigenvalue weighted by molar-refractivity contribution is -0.157. The molecule has 1 spiro atoms. The molecule has 0 bridgehead atoms. The van der Waals surface area contributed by atoms with Gasteiger partial charge in [0.05, 0.1) is 13.0 Å². The summed E-state index contributed by atoms with van der Waals surface area (Å²) in [4.78, 5) is 17.1. The molecular formula is C35H40FNO4. The first-order chi connectivity index (χ1) is 19.8. The smallest absolute Gasteiger partial charge is 0.328 e. The third kappa shape index (κ3) is 4.90. The number of nitrogens with two attached hydrogens (primary N) is 1. The maximum Gasteiger partial charge on any atom is 0.328 e. The van der Waals surface area contributed by atoms with Crippen molar-refractivity contribution < 1.29 is 23.5 Å². The van der Waals surface area contributed by atoms with Gasteiger partial charge in [0.25, 0.3) is 0 Å². The highest BCUT2D eigenvalue weighted by molar-refractivity contribution is 5.76. The minimum Gasteiger partial charge on any atom is -0.497 e. The van der Waals surface area contributed by atoms with Gasteiger partial charge in [-0.1, -0.05) is 44.5 Å². The average Bonchev–Trinajstić information content (AvgIpc) is 3.33. The SMILES string of the molecule is COc1ccc(F)c(-c2ccc(COc3ccc4c(c3)[C@]3(CCC4)CC[C@@H]3C(=O)ON)cc2[C@@H]2CCCC2(C)C)c1. The van der Waals surface area contributed by atoms with E-state index in [1.54, 1.807) is 19.2 Å². The predicted molar refractivity (Wildman–Crippen MR) is 157 cm³/mol. The summed E-state index contributed by atoms with van der Waals surface area (Å²) in [5.41, 5.74) is 6.13. The van der Waals surface area contributed by atoms with Crippen LogP contribution >= 0.6 is 0 Å². The third-order valence-corrected chi connectivity index (χ3v) is 10.3. The number of halogens is 1. The zero-order valence-electron chi connectivity index (χ0n) is 24.3. The largest absolute Gasteiger partial charge is 0.497 e. The second-order valence-corrected chi connectivity index (χ2v) is 12.8. The highest BCUT2D eigenvalue weighted by Crippen LogP contribution is 2.56. The maximum atomic E-state index is 15.1. The lowest BCUT2D eigenvalue weighted by Gasteiger charge is -2.51. The van der Waals surface area contributed by atoms with Gasteiger partial charge in [-0.05, 0) is 114 Å². The van der Waals surface area contributed by atoms with Crippen LogP contribution in [0, 0.1) is 17.2 Å². The Labute approximate surface area is 242 Å². The zero-order valence-corrected chi connectivity index (χ0v) is 24.3. The summed E-state index contributed by atoms with van der Waals surface area (Å²) in [6.45, 7) is 5.04. The van der Waals surface area contributed by atoms with Gasteiger partial charge < -0.3 is 14.3 Å². The number of fused-ring (bicyclic) bond motifs is 2. The van der Waals surface area contributed by atoms with Crippen LogP contribution in [-0.2, 0) is 28.1 Å². The van der Waals surface area contributed by atoms with Gasteiger partial charge in [-0.25, -0.2) is 4.39 Å². The van der Waals surface area contributed by atoms with E-state index in [1.807, 2.05) is 18.2 Å². The summed E-state index contributed by atoms with van der Waals surface area (Å²) >= 11 is 0. The first kappa shape index (κ1) is 27.8. The van der Waals surface area contributed by atoms with Crippen LogP contribution in [0.15, 0.2) is 54.6 Å². The summed E-state index contributed by atoms with van der Waals surface area (Å²) in [5, 5.41) is 0. The molecule has 5 nitrogen and oxygen atoms in total. The minimum absolute atomic E-state index is 0.125. The van der Waals surface area contributed by atoms with Gasteiger partial charge in [-0.15, -0.1) is 0 Å². The molecular weight excluding hydrogens is 517 g/mol. The highest BCUT2D eigenvalue weighted by Gasteiger charge is 2.54. The van der Waals surface area contributed by atoms with E-state index >= 15 is 4.39 Å². The van der Waals surface area contributed by atoms with Crippen LogP contribution in [0.1, 0.15) is 87.0 Å². The van der Waals surface area contributed by atoms with Gasteiger partial charge >= 0.3 is 5.97 Å². The Bertz CT molecular complexity index is 1470. The van der Waals surface area contributed by atoms with Crippen molar-refractivity contribution in [3.8, 4) is 22.6 Å². The van der Waals surface area contributed by atoms with Crippen molar-refractivity contribution in [2.24, 2.45) is 17.2 Å². The molecule has 3 aromatic carbocycles. The van der Waals surface area contributed by atoms with E-state index in [0.29, 0.717) is 23.8 Å². The molecule has 0 heterocycles. The lowest BCUT2D eigenvalue weighted by Crippen LogP contribution is -2.51. The number of carbonyl (C=O) groups excluding carboxylic acids is 1. The van der Waals surface area contributed by atoms with E-state index in [0.717, 1.165) is 68.2 Å². The fraction of sp³-hybridized carbons (Fsp3) is 0.457. The Kier molecular flexibility index (Phi) is 7.31. The predicted octanol–water partition coefficient (Wildman–Crippen LogP) is 7.78. The van der Waals surface area contributed by atoms with Gasteiger partial charge in [0.2, 0.25) is 0 Å². The first-order valence-electron chi connectivity index (χ1n) is 14.9. The van der Waals surface area contributed by atoms with Crippen molar-refractivity contribution >= 4 is 5.97 Å². The van der Waals surface area contributed by atoms with E-state index in [4.69, 9.17) is 15.4 Å². The summed E-state index contributed by atoms with van der Waals surface area (Å²) in [6, 6.07) is 17.5. The molecule has 0 unspecified atom stereocenters. The van der Waals surface area contributed by atoms with Crippen LogP contribution in [0.4, 0.5) is 4.39 Å². The number of ether oxygens (including phenoxy) is 2. The zero-order chi connectivity index (χ0) is 28.8. The van der Waals surface area contributed by atoms with Crippen LogP contribution < -0.4 is 15.4 Å². The second-order valence-electron chi connectivity index (χ2n) is 12.8. The van der Waals surface area contributed by atoms with Crippen molar-refractivity contribution in [1.82, 2.24) is 0 Å². The molecule has 3 aliphatic carbocycles. The van der Waals surface area contributed by atoms with Gasteiger partial charge in [-0.3, -0.25) is 4.79 Å². The van der Waals surface area contributed by atoms with Crippen LogP contribution in [0.3, 0.4) is 0 Å². The van der Waals surface area contributed by atoms with Crippen LogP contribution in [0.25, 0.3) is 11.1 Å². The van der Waals surface area contributed by atoms with Gasteiger partial charge in [-0.2, -0.15) is 5.90 Å². The summed E-state index contributed by atoms with van der Waals surface area (Å²) < 4.78 is 26.9. The van der Waals surface area contributed by atoms with Crippen molar-refractivity contribution in [3.63, 3.8) is 0 Å². The van der Waals surface area contributed by atoms with Gasteiger partial charge in [0.15, 0.2) is 0 Å². The lowest BCUT2D eigenvalue weighted by atomic mass is 9.52. The van der Waals surface area contributed by atoms with Crippen LogP contribution in [0.5, 0.6) is 11.5 Å². The van der Waals surface area contributed by atoms with Crippen molar-refractivity contribution in [2.75, 3.05) is 7.11 Å². The molecule has 3 aromatic rings. The van der Waals surface area contributed by atoms with E-state index in [-0.39, 0.29) is 28.5 Å². The molecule has 0 aromatic heterocycles. The molecule has 0 saturated heterocycles. The fourth-order valence-electron chi connectivity index (χ4n) is 7.88. The standard InChI is InChI=1S/C35H40FNO4/c1-34(2)15-5-7-29(34)27-18-22(8-12-26(27)28-19-24(39-3)11-13-32(28)36)21-40-25-10-9-23-6-4-16-35(31(23)20-25)17-14-30(35)33(38)41-37/h8-13,18-20,29-30H,4-7,14-17,21,37H2,1-3H3/t29-,30+,35+/m0/s1. The van der Waals surface area contributed by atoms with E-state index in [9.17, 15) is 4.79 Å². The first-order valence-corrected chi connectivity index (χ1v) is 14.9. The molecule has 3 aliphatic rings. The maximum absolute atomic E-state index is 15.1. The van der Waals surface area contributed by atoms with Gasteiger partial charge in [0, 0.05) is 11.0 Å². The number of benzene rings is 3. The molecule has 6 heteroatoms. The van der Waals surface area contributed by atoms with Gasteiger partial charge in [0.1, 0.15) is 23.9 Å². The Morgan fingerprint density at radius 3 is 2.49 bits per heavy atom. The Morgan fingerprint density at radius 2 is 1.78 bits per heavy atom.